The Morgan fingerprint density at radius 2 is 1.83 bits per heavy atom. The molecule has 0 saturated carbocycles. The number of nitrogens with zero attached hydrogens (tertiary/aromatic N) is 2. The lowest BCUT2D eigenvalue weighted by Crippen LogP contribution is -2.54. The molecule has 1 rings (SSSR count). The van der Waals surface area contributed by atoms with Crippen molar-refractivity contribution in [3.05, 3.63) is 29.8 Å². The van der Waals surface area contributed by atoms with Crippen molar-refractivity contribution in [3.8, 4) is 0 Å². The van der Waals surface area contributed by atoms with Gasteiger partial charge in [-0.15, -0.1) is 0 Å². The van der Waals surface area contributed by atoms with Crippen LogP contribution in [0.5, 0.6) is 0 Å². The molecule has 128 valence electrons. The van der Waals surface area contributed by atoms with Gasteiger partial charge in [0.2, 0.25) is 5.91 Å². The second-order valence-corrected chi connectivity index (χ2v) is 4.86. The third kappa shape index (κ3) is 5.51. The maximum atomic E-state index is 12.3. The Labute approximate surface area is 136 Å². The standard InChI is InChI=1S/C15H24N4O4/c1-11(20)17-14(19(3)23-5)15(21)16-10-12-8-6-7-9-13(12)18(2)22-4/h6-9,14H,10H2,1-5H3,(H,16,21)(H,17,20)/t14-/m1/s1. The van der Waals surface area contributed by atoms with E-state index in [1.807, 2.05) is 24.3 Å². The largest absolute Gasteiger partial charge is 0.349 e. The summed E-state index contributed by atoms with van der Waals surface area (Å²) < 4.78 is 0. The molecule has 2 amide bonds. The van der Waals surface area contributed by atoms with E-state index < -0.39 is 6.17 Å². The zero-order valence-corrected chi connectivity index (χ0v) is 14.1. The van der Waals surface area contributed by atoms with E-state index in [4.69, 9.17) is 9.68 Å². The van der Waals surface area contributed by atoms with Crippen molar-refractivity contribution in [1.29, 1.82) is 0 Å². The minimum absolute atomic E-state index is 0.288. The summed E-state index contributed by atoms with van der Waals surface area (Å²) in [6, 6.07) is 7.53. The number of hydrogen-bond donors (Lipinski definition) is 2. The number of carbonyl (C=O) groups excluding carboxylic acids is 2. The zero-order chi connectivity index (χ0) is 17.4. The lowest BCUT2D eigenvalue weighted by atomic mass is 10.1. The fourth-order valence-electron chi connectivity index (χ4n) is 1.96. The Hall–Kier alpha value is -2.16. The number of rotatable bonds is 8. The summed E-state index contributed by atoms with van der Waals surface area (Å²) >= 11 is 0. The molecule has 0 unspecified atom stereocenters. The SMILES string of the molecule is CON(C)c1ccccc1CNC(=O)[C@H](NC(C)=O)N(C)OC. The van der Waals surface area contributed by atoms with Gasteiger partial charge in [-0.3, -0.25) is 19.5 Å². The molecule has 1 aromatic rings. The Balaban J connectivity index is 2.79. The van der Waals surface area contributed by atoms with Gasteiger partial charge in [-0.05, 0) is 11.6 Å². The summed E-state index contributed by atoms with van der Waals surface area (Å²) in [5, 5.41) is 8.18. The first-order valence-corrected chi connectivity index (χ1v) is 7.08. The average molecular weight is 324 g/mol. The van der Waals surface area contributed by atoms with Crippen LogP contribution in [0.25, 0.3) is 0 Å². The molecule has 0 saturated heterocycles. The molecule has 0 aliphatic carbocycles. The van der Waals surface area contributed by atoms with Gasteiger partial charge < -0.3 is 15.5 Å². The van der Waals surface area contributed by atoms with Crippen molar-refractivity contribution in [2.24, 2.45) is 0 Å². The van der Waals surface area contributed by atoms with Crippen LogP contribution in [0, 0.1) is 0 Å². The molecule has 0 aromatic heterocycles. The molecular formula is C15H24N4O4. The second kappa shape index (κ2) is 9.09. The van der Waals surface area contributed by atoms with Crippen LogP contribution < -0.4 is 15.7 Å². The normalized spacial score (nSPS) is 11.9. The first-order chi connectivity index (χ1) is 10.9. The van der Waals surface area contributed by atoms with Gasteiger partial charge in [-0.1, -0.05) is 18.2 Å². The van der Waals surface area contributed by atoms with Gasteiger partial charge in [0.05, 0.1) is 19.9 Å². The van der Waals surface area contributed by atoms with Gasteiger partial charge in [-0.2, -0.15) is 5.06 Å². The number of anilines is 1. The van der Waals surface area contributed by atoms with Crippen molar-refractivity contribution < 1.29 is 19.3 Å². The molecule has 0 spiro atoms. The summed E-state index contributed by atoms with van der Waals surface area (Å²) in [4.78, 5) is 33.7. The highest BCUT2D eigenvalue weighted by Gasteiger charge is 2.24. The Morgan fingerprint density at radius 3 is 2.39 bits per heavy atom. The van der Waals surface area contributed by atoms with Crippen LogP contribution in [-0.2, 0) is 25.8 Å². The molecular weight excluding hydrogens is 300 g/mol. The predicted octanol–water partition coefficient (Wildman–Crippen LogP) is 0.256. The average Bonchev–Trinajstić information content (AvgIpc) is 2.56. The Morgan fingerprint density at radius 1 is 1.17 bits per heavy atom. The highest BCUT2D eigenvalue weighted by molar-refractivity contribution is 5.86. The topological polar surface area (TPSA) is 83.1 Å². The maximum Gasteiger partial charge on any atom is 0.260 e. The van der Waals surface area contributed by atoms with Gasteiger partial charge in [0.25, 0.3) is 5.91 Å². The van der Waals surface area contributed by atoms with Gasteiger partial charge in [0.15, 0.2) is 6.17 Å². The van der Waals surface area contributed by atoms with Crippen LogP contribution in [0.4, 0.5) is 5.69 Å². The van der Waals surface area contributed by atoms with Crippen LogP contribution >= 0.6 is 0 Å². The molecule has 0 aliphatic rings. The third-order valence-electron chi connectivity index (χ3n) is 3.30. The number of nitrogens with one attached hydrogen (secondary N) is 2. The van der Waals surface area contributed by atoms with E-state index in [9.17, 15) is 9.59 Å². The highest BCUT2D eigenvalue weighted by atomic mass is 16.7. The summed E-state index contributed by atoms with van der Waals surface area (Å²) in [6.07, 6.45) is -0.912. The van der Waals surface area contributed by atoms with E-state index in [0.29, 0.717) is 0 Å². The fourth-order valence-corrected chi connectivity index (χ4v) is 1.96. The second-order valence-electron chi connectivity index (χ2n) is 4.86. The summed E-state index contributed by atoms with van der Waals surface area (Å²) in [6.45, 7) is 1.63. The first-order valence-electron chi connectivity index (χ1n) is 7.08. The molecule has 0 heterocycles. The fraction of sp³-hybridized carbons (Fsp3) is 0.467. The van der Waals surface area contributed by atoms with E-state index in [2.05, 4.69) is 10.6 Å². The first kappa shape index (κ1) is 18.9. The number of para-hydroxylation sites is 1. The van der Waals surface area contributed by atoms with Gasteiger partial charge >= 0.3 is 0 Å². The van der Waals surface area contributed by atoms with E-state index >= 15 is 0 Å². The molecule has 23 heavy (non-hydrogen) atoms. The van der Waals surface area contributed by atoms with Crippen LogP contribution in [0.15, 0.2) is 24.3 Å². The lowest BCUT2D eigenvalue weighted by Gasteiger charge is -2.25. The van der Waals surface area contributed by atoms with Gasteiger partial charge in [0, 0.05) is 27.6 Å². The highest BCUT2D eigenvalue weighted by Crippen LogP contribution is 2.18. The predicted molar refractivity (Wildman–Crippen MR) is 86.1 cm³/mol. The smallest absolute Gasteiger partial charge is 0.260 e. The van der Waals surface area contributed by atoms with Crippen LogP contribution in [0.2, 0.25) is 0 Å². The minimum Gasteiger partial charge on any atom is -0.349 e. The minimum atomic E-state index is -0.912. The van der Waals surface area contributed by atoms with Crippen LogP contribution in [-0.4, -0.2) is 51.4 Å². The van der Waals surface area contributed by atoms with Crippen LogP contribution in [0.3, 0.4) is 0 Å². The van der Waals surface area contributed by atoms with Crippen LogP contribution in [0.1, 0.15) is 12.5 Å². The molecule has 1 aromatic carbocycles. The van der Waals surface area contributed by atoms with Gasteiger partial charge in [0.1, 0.15) is 0 Å². The Kier molecular flexibility index (Phi) is 7.46. The third-order valence-corrected chi connectivity index (χ3v) is 3.30. The molecule has 0 radical (unpaired) electrons. The zero-order valence-electron chi connectivity index (χ0n) is 14.1. The molecule has 8 heteroatoms. The molecule has 0 fully saturated rings. The Bertz CT molecular complexity index is 538. The number of benzene rings is 1. The molecule has 1 atom stereocenters. The quantitative estimate of drug-likeness (QED) is 0.527. The molecule has 0 bridgehead atoms. The summed E-state index contributed by atoms with van der Waals surface area (Å²) in [5.74, 6) is -0.701. The van der Waals surface area contributed by atoms with Gasteiger partial charge in [-0.25, -0.2) is 0 Å². The molecule has 8 nitrogen and oxygen atoms in total. The maximum absolute atomic E-state index is 12.3. The molecule has 2 N–H and O–H groups in total. The summed E-state index contributed by atoms with van der Waals surface area (Å²) in [5.41, 5.74) is 1.72. The number of amides is 2. The van der Waals surface area contributed by atoms with Crippen molar-refractivity contribution in [2.75, 3.05) is 33.4 Å². The van der Waals surface area contributed by atoms with Crippen molar-refractivity contribution in [2.45, 2.75) is 19.6 Å². The monoisotopic (exact) mass is 324 g/mol. The number of likely N-dealkylation sites (N-methyl/N-ethyl adjacent to an activating group) is 1. The number of hydroxylamine groups is 3. The van der Waals surface area contributed by atoms with Crippen molar-refractivity contribution in [1.82, 2.24) is 15.7 Å². The van der Waals surface area contributed by atoms with E-state index in [1.54, 1.807) is 26.3 Å². The van der Waals surface area contributed by atoms with Crippen molar-refractivity contribution in [3.63, 3.8) is 0 Å². The number of hydrogen-bond acceptors (Lipinski definition) is 6. The molecule has 0 aliphatic heterocycles. The van der Waals surface area contributed by atoms with E-state index in [0.717, 1.165) is 11.3 Å². The summed E-state index contributed by atoms with van der Waals surface area (Å²) in [7, 11) is 6.33. The lowest BCUT2D eigenvalue weighted by molar-refractivity contribution is -0.169. The van der Waals surface area contributed by atoms with Crippen molar-refractivity contribution >= 4 is 17.5 Å². The van der Waals surface area contributed by atoms with E-state index in [-0.39, 0.29) is 18.4 Å². The number of carbonyl (C=O) groups is 2. The van der Waals surface area contributed by atoms with E-state index in [1.165, 1.54) is 19.1 Å².